The van der Waals surface area contributed by atoms with Crippen LogP contribution in [0.4, 0.5) is 0 Å². The van der Waals surface area contributed by atoms with Crippen LogP contribution in [0.5, 0.6) is 0 Å². The van der Waals surface area contributed by atoms with Crippen LogP contribution >= 0.6 is 0 Å². The van der Waals surface area contributed by atoms with Gasteiger partial charge in [0.1, 0.15) is 0 Å². The summed E-state index contributed by atoms with van der Waals surface area (Å²) in [6, 6.07) is 13.7. The Balaban J connectivity index is 1.92. The standard InChI is InChI=1S/C22H26N2O2S/c1-3-4-5-6-7-18-9-11-19(12-10-18)20-16-17(2)8-13-21(20)27(25,26)22-23-14-15-24-22/h8-16H,3-7H2,1-2H3,(H,23,24). The first-order chi connectivity index (χ1) is 13.0. The zero-order chi connectivity index (χ0) is 19.3. The molecule has 0 fully saturated rings. The van der Waals surface area contributed by atoms with Crippen LogP contribution in [0.25, 0.3) is 11.1 Å². The molecule has 2 aromatic carbocycles. The van der Waals surface area contributed by atoms with Crippen LogP contribution in [-0.4, -0.2) is 18.4 Å². The summed E-state index contributed by atoms with van der Waals surface area (Å²) in [5.74, 6) is 0. The molecule has 0 spiro atoms. The number of aromatic amines is 1. The zero-order valence-electron chi connectivity index (χ0n) is 15.9. The minimum absolute atomic E-state index is 0.0276. The molecule has 27 heavy (non-hydrogen) atoms. The Morgan fingerprint density at radius 1 is 1.00 bits per heavy atom. The van der Waals surface area contributed by atoms with Crippen molar-refractivity contribution in [1.29, 1.82) is 0 Å². The van der Waals surface area contributed by atoms with E-state index in [1.54, 1.807) is 6.07 Å². The van der Waals surface area contributed by atoms with Gasteiger partial charge in [-0.25, -0.2) is 13.4 Å². The highest BCUT2D eigenvalue weighted by Crippen LogP contribution is 2.31. The molecule has 0 atom stereocenters. The highest BCUT2D eigenvalue weighted by atomic mass is 32.2. The summed E-state index contributed by atoms with van der Waals surface area (Å²) >= 11 is 0. The second-order valence-corrected chi connectivity index (χ2v) is 8.74. The first kappa shape index (κ1) is 19.4. The van der Waals surface area contributed by atoms with Gasteiger partial charge in [0, 0.05) is 18.0 Å². The van der Waals surface area contributed by atoms with Gasteiger partial charge in [0.2, 0.25) is 15.0 Å². The zero-order valence-corrected chi connectivity index (χ0v) is 16.7. The largest absolute Gasteiger partial charge is 0.335 e. The number of sulfone groups is 1. The fraction of sp³-hybridized carbons (Fsp3) is 0.318. The van der Waals surface area contributed by atoms with Gasteiger partial charge in [-0.2, -0.15) is 0 Å². The lowest BCUT2D eigenvalue weighted by Crippen LogP contribution is -2.06. The van der Waals surface area contributed by atoms with Crippen LogP contribution in [0.2, 0.25) is 0 Å². The molecular formula is C22H26N2O2S. The first-order valence-electron chi connectivity index (χ1n) is 9.47. The number of unbranched alkanes of at least 4 members (excludes halogenated alkanes) is 3. The Kier molecular flexibility index (Phi) is 6.11. The monoisotopic (exact) mass is 382 g/mol. The number of imidazole rings is 1. The van der Waals surface area contributed by atoms with E-state index in [4.69, 9.17) is 0 Å². The molecule has 0 aliphatic carbocycles. The number of aryl methyl sites for hydroxylation is 2. The van der Waals surface area contributed by atoms with Gasteiger partial charge >= 0.3 is 0 Å². The fourth-order valence-corrected chi connectivity index (χ4v) is 4.56. The fourth-order valence-electron chi connectivity index (χ4n) is 3.21. The van der Waals surface area contributed by atoms with E-state index in [2.05, 4.69) is 29.0 Å². The second kappa shape index (κ2) is 8.53. The Labute approximate surface area is 161 Å². The Morgan fingerprint density at radius 3 is 2.44 bits per heavy atom. The number of nitrogens with one attached hydrogen (secondary N) is 1. The van der Waals surface area contributed by atoms with Gasteiger partial charge < -0.3 is 4.98 Å². The quantitative estimate of drug-likeness (QED) is 0.535. The molecular weight excluding hydrogens is 356 g/mol. The minimum Gasteiger partial charge on any atom is -0.335 e. The van der Waals surface area contributed by atoms with Crippen molar-refractivity contribution in [2.45, 2.75) is 56.0 Å². The number of benzene rings is 2. The van der Waals surface area contributed by atoms with Gasteiger partial charge in [-0.3, -0.25) is 0 Å². The lowest BCUT2D eigenvalue weighted by molar-refractivity contribution is 0.589. The number of hydrogen-bond donors (Lipinski definition) is 1. The van der Waals surface area contributed by atoms with Gasteiger partial charge in [-0.05, 0) is 37.0 Å². The molecule has 4 nitrogen and oxygen atoms in total. The van der Waals surface area contributed by atoms with Gasteiger partial charge in [-0.1, -0.05) is 68.1 Å². The molecule has 0 aliphatic heterocycles. The maximum absolute atomic E-state index is 13.0. The Hall–Kier alpha value is -2.40. The molecule has 0 radical (unpaired) electrons. The van der Waals surface area contributed by atoms with Crippen molar-refractivity contribution < 1.29 is 8.42 Å². The normalized spacial score (nSPS) is 11.6. The van der Waals surface area contributed by atoms with E-state index in [0.717, 1.165) is 17.5 Å². The van der Waals surface area contributed by atoms with Crippen molar-refractivity contribution in [2.75, 3.05) is 0 Å². The third-order valence-electron chi connectivity index (χ3n) is 4.74. The number of nitrogens with zero attached hydrogens (tertiary/aromatic N) is 1. The highest BCUT2D eigenvalue weighted by molar-refractivity contribution is 7.91. The summed E-state index contributed by atoms with van der Waals surface area (Å²) < 4.78 is 26.0. The number of hydrogen-bond acceptors (Lipinski definition) is 3. The average molecular weight is 383 g/mol. The SMILES string of the molecule is CCCCCCc1ccc(-c2cc(C)ccc2S(=O)(=O)c2ncc[nH]2)cc1. The third-order valence-corrected chi connectivity index (χ3v) is 6.40. The average Bonchev–Trinajstić information content (AvgIpc) is 3.21. The molecule has 0 saturated carbocycles. The molecule has 0 amide bonds. The molecule has 0 bridgehead atoms. The summed E-state index contributed by atoms with van der Waals surface area (Å²) in [6.07, 6.45) is 8.99. The topological polar surface area (TPSA) is 62.8 Å². The highest BCUT2D eigenvalue weighted by Gasteiger charge is 2.24. The van der Waals surface area contributed by atoms with Crippen LogP contribution in [0.1, 0.15) is 43.7 Å². The molecule has 1 aromatic heterocycles. The molecule has 3 aromatic rings. The summed E-state index contributed by atoms with van der Waals surface area (Å²) in [7, 11) is -3.69. The van der Waals surface area contributed by atoms with E-state index < -0.39 is 9.84 Å². The van der Waals surface area contributed by atoms with Crippen molar-refractivity contribution >= 4 is 9.84 Å². The van der Waals surface area contributed by atoms with Gasteiger partial charge in [0.15, 0.2) is 0 Å². The number of H-pyrrole nitrogens is 1. The predicted octanol–water partition coefficient (Wildman–Crippen LogP) is 5.34. The van der Waals surface area contributed by atoms with Crippen molar-refractivity contribution in [3.8, 4) is 11.1 Å². The smallest absolute Gasteiger partial charge is 0.240 e. The summed E-state index contributed by atoms with van der Waals surface area (Å²) in [4.78, 5) is 6.93. The van der Waals surface area contributed by atoms with Crippen LogP contribution in [0.15, 0.2) is 64.9 Å². The summed E-state index contributed by atoms with van der Waals surface area (Å²) in [5.41, 5.74) is 3.93. The minimum atomic E-state index is -3.69. The number of rotatable bonds is 8. The van der Waals surface area contributed by atoms with E-state index in [-0.39, 0.29) is 10.1 Å². The summed E-state index contributed by atoms with van der Waals surface area (Å²) in [5, 5.41) is -0.0276. The van der Waals surface area contributed by atoms with Crippen LogP contribution in [0.3, 0.4) is 0 Å². The molecule has 3 rings (SSSR count). The summed E-state index contributed by atoms with van der Waals surface area (Å²) in [6.45, 7) is 4.18. The Morgan fingerprint density at radius 2 is 1.78 bits per heavy atom. The molecule has 1 N–H and O–H groups in total. The second-order valence-electron chi connectivity index (χ2n) is 6.90. The van der Waals surface area contributed by atoms with E-state index in [1.807, 2.05) is 31.2 Å². The van der Waals surface area contributed by atoms with Gasteiger partial charge in [-0.15, -0.1) is 0 Å². The number of aromatic nitrogens is 2. The van der Waals surface area contributed by atoms with E-state index in [0.29, 0.717) is 5.56 Å². The molecule has 0 saturated heterocycles. The van der Waals surface area contributed by atoms with E-state index >= 15 is 0 Å². The molecule has 5 heteroatoms. The maximum Gasteiger partial charge on any atom is 0.240 e. The van der Waals surface area contributed by atoms with Gasteiger partial charge in [0.05, 0.1) is 4.90 Å². The molecule has 0 aliphatic rings. The molecule has 142 valence electrons. The maximum atomic E-state index is 13.0. The van der Waals surface area contributed by atoms with Crippen molar-refractivity contribution in [3.05, 3.63) is 66.0 Å². The van der Waals surface area contributed by atoms with Crippen LogP contribution in [-0.2, 0) is 16.3 Å². The molecule has 0 unspecified atom stereocenters. The predicted molar refractivity (Wildman–Crippen MR) is 109 cm³/mol. The first-order valence-corrected chi connectivity index (χ1v) is 10.9. The lowest BCUT2D eigenvalue weighted by Gasteiger charge is -2.11. The third kappa shape index (κ3) is 4.48. The van der Waals surface area contributed by atoms with Crippen molar-refractivity contribution in [3.63, 3.8) is 0 Å². The van der Waals surface area contributed by atoms with E-state index in [1.165, 1.54) is 43.6 Å². The van der Waals surface area contributed by atoms with E-state index in [9.17, 15) is 8.42 Å². The molecule has 1 heterocycles. The van der Waals surface area contributed by atoms with Crippen LogP contribution < -0.4 is 0 Å². The lowest BCUT2D eigenvalue weighted by atomic mass is 10.00. The van der Waals surface area contributed by atoms with Crippen LogP contribution in [0, 0.1) is 6.92 Å². The van der Waals surface area contributed by atoms with Crippen molar-refractivity contribution in [1.82, 2.24) is 9.97 Å². The van der Waals surface area contributed by atoms with Crippen molar-refractivity contribution in [2.24, 2.45) is 0 Å². The Bertz CT molecular complexity index is 976. The van der Waals surface area contributed by atoms with Gasteiger partial charge in [0.25, 0.3) is 0 Å².